The Labute approximate surface area is 80.2 Å². The topological polar surface area (TPSA) is 38.3 Å². The monoisotopic (exact) mass is 185 g/mol. The molecule has 0 aromatic heterocycles. The van der Waals surface area contributed by atoms with Crippen LogP contribution in [-0.2, 0) is 9.53 Å². The highest BCUT2D eigenvalue weighted by Gasteiger charge is 2.06. The largest absolute Gasteiger partial charge is 0.359 e. The lowest BCUT2D eigenvalue weighted by Gasteiger charge is -2.14. The van der Waals surface area contributed by atoms with E-state index < -0.39 is 0 Å². The number of hydrogen-bond donors (Lipinski definition) is 1. The summed E-state index contributed by atoms with van der Waals surface area (Å²) in [5, 5.41) is 2.68. The minimum absolute atomic E-state index is 0.149. The molecule has 0 aromatic rings. The number of unbranched alkanes of at least 4 members (excludes halogenated alkanes) is 1. The zero-order chi connectivity index (χ0) is 10.3. The van der Waals surface area contributed by atoms with Crippen LogP contribution in [0.15, 0.2) is 12.2 Å². The Hall–Kier alpha value is -0.830. The molecule has 1 unspecified atom stereocenters. The molecular weight excluding hydrogens is 166 g/mol. The molecule has 0 saturated carbocycles. The third-order valence-electron chi connectivity index (χ3n) is 1.59. The Morgan fingerprint density at radius 3 is 2.69 bits per heavy atom. The van der Waals surface area contributed by atoms with E-state index in [1.165, 1.54) is 0 Å². The Morgan fingerprint density at radius 1 is 1.62 bits per heavy atom. The molecule has 1 N–H and O–H groups in total. The van der Waals surface area contributed by atoms with E-state index in [0.717, 1.165) is 12.8 Å². The first kappa shape index (κ1) is 12.2. The van der Waals surface area contributed by atoms with E-state index in [0.29, 0.717) is 12.2 Å². The first-order valence-corrected chi connectivity index (χ1v) is 4.66. The van der Waals surface area contributed by atoms with Crippen LogP contribution in [0, 0.1) is 0 Å². The van der Waals surface area contributed by atoms with Gasteiger partial charge in [0.15, 0.2) is 0 Å². The first-order chi connectivity index (χ1) is 6.07. The van der Waals surface area contributed by atoms with Crippen LogP contribution in [-0.4, -0.2) is 18.7 Å². The molecule has 1 atom stereocenters. The molecule has 0 rings (SSSR count). The van der Waals surface area contributed by atoms with Gasteiger partial charge in [-0.25, -0.2) is 0 Å². The summed E-state index contributed by atoms with van der Waals surface area (Å²) in [6.45, 7) is 9.81. The van der Waals surface area contributed by atoms with Crippen molar-refractivity contribution in [2.24, 2.45) is 0 Å². The van der Waals surface area contributed by atoms with Crippen molar-refractivity contribution < 1.29 is 9.53 Å². The fourth-order valence-corrected chi connectivity index (χ4v) is 0.754. The molecule has 13 heavy (non-hydrogen) atoms. The van der Waals surface area contributed by atoms with Gasteiger partial charge in [-0.15, -0.1) is 0 Å². The van der Waals surface area contributed by atoms with Crippen LogP contribution in [0.25, 0.3) is 0 Å². The Bertz CT molecular complexity index is 178. The molecule has 3 nitrogen and oxygen atoms in total. The lowest BCUT2D eigenvalue weighted by atomic mass is 10.3. The van der Waals surface area contributed by atoms with Crippen LogP contribution < -0.4 is 5.32 Å². The molecule has 0 aromatic carbocycles. The number of amides is 1. The van der Waals surface area contributed by atoms with Gasteiger partial charge < -0.3 is 10.1 Å². The smallest absolute Gasteiger partial charge is 0.248 e. The van der Waals surface area contributed by atoms with Crippen molar-refractivity contribution in [1.82, 2.24) is 5.32 Å². The van der Waals surface area contributed by atoms with Gasteiger partial charge in [-0.2, -0.15) is 0 Å². The van der Waals surface area contributed by atoms with E-state index in [9.17, 15) is 4.79 Å². The van der Waals surface area contributed by atoms with Crippen molar-refractivity contribution >= 4 is 5.91 Å². The second kappa shape index (κ2) is 6.66. The minimum Gasteiger partial charge on any atom is -0.359 e. The highest BCUT2D eigenvalue weighted by atomic mass is 16.5. The second-order valence-electron chi connectivity index (χ2n) is 3.12. The highest BCUT2D eigenvalue weighted by molar-refractivity contribution is 5.92. The fraction of sp³-hybridized carbons (Fsp3) is 0.700. The summed E-state index contributed by atoms with van der Waals surface area (Å²) in [6.07, 6.45) is 1.89. The molecule has 0 saturated heterocycles. The van der Waals surface area contributed by atoms with Gasteiger partial charge >= 0.3 is 0 Å². The lowest BCUT2D eigenvalue weighted by Crippen LogP contribution is -2.35. The molecule has 0 radical (unpaired) electrons. The highest BCUT2D eigenvalue weighted by Crippen LogP contribution is 1.94. The zero-order valence-corrected chi connectivity index (χ0v) is 8.72. The summed E-state index contributed by atoms with van der Waals surface area (Å²) in [5.74, 6) is -0.149. The number of rotatable bonds is 6. The van der Waals surface area contributed by atoms with Gasteiger partial charge in [0, 0.05) is 12.2 Å². The molecule has 0 bridgehead atoms. The van der Waals surface area contributed by atoms with Gasteiger partial charge in [-0.3, -0.25) is 4.79 Å². The Balaban J connectivity index is 3.55. The molecule has 0 aliphatic carbocycles. The molecule has 0 fully saturated rings. The van der Waals surface area contributed by atoms with E-state index in [-0.39, 0.29) is 12.1 Å². The van der Waals surface area contributed by atoms with Gasteiger partial charge in [-0.05, 0) is 20.3 Å². The predicted octanol–water partition coefficient (Wildman–Crippen LogP) is 1.84. The van der Waals surface area contributed by atoms with E-state index in [4.69, 9.17) is 4.74 Å². The number of carbonyl (C=O) groups is 1. The molecule has 76 valence electrons. The van der Waals surface area contributed by atoms with Crippen LogP contribution in [0.2, 0.25) is 0 Å². The third kappa shape index (κ3) is 6.34. The van der Waals surface area contributed by atoms with Crippen LogP contribution in [0.3, 0.4) is 0 Å². The van der Waals surface area contributed by atoms with E-state index >= 15 is 0 Å². The second-order valence-corrected chi connectivity index (χ2v) is 3.12. The standard InChI is InChI=1S/C10H19NO2/c1-5-6-7-13-9(4)11-10(12)8(2)3/h9H,2,5-7H2,1,3-4H3,(H,11,12). The van der Waals surface area contributed by atoms with Crippen molar-refractivity contribution in [1.29, 1.82) is 0 Å². The van der Waals surface area contributed by atoms with Crippen molar-refractivity contribution in [3.05, 3.63) is 12.2 Å². The van der Waals surface area contributed by atoms with Crippen molar-refractivity contribution in [3.63, 3.8) is 0 Å². The SMILES string of the molecule is C=C(C)C(=O)NC(C)OCCCC. The molecule has 3 heteroatoms. The van der Waals surface area contributed by atoms with Gasteiger partial charge in [0.05, 0.1) is 0 Å². The average molecular weight is 185 g/mol. The van der Waals surface area contributed by atoms with Gasteiger partial charge in [0.2, 0.25) is 5.91 Å². The fourth-order valence-electron chi connectivity index (χ4n) is 0.754. The molecule has 1 amide bonds. The molecule has 0 heterocycles. The maximum Gasteiger partial charge on any atom is 0.248 e. The number of nitrogens with one attached hydrogen (secondary N) is 1. The van der Waals surface area contributed by atoms with Crippen LogP contribution in [0.5, 0.6) is 0 Å². The first-order valence-electron chi connectivity index (χ1n) is 4.66. The van der Waals surface area contributed by atoms with E-state index in [2.05, 4.69) is 18.8 Å². The summed E-state index contributed by atoms with van der Waals surface area (Å²) in [6, 6.07) is 0. The van der Waals surface area contributed by atoms with Crippen LogP contribution >= 0.6 is 0 Å². The molecule has 0 spiro atoms. The molecule has 0 aliphatic rings. The van der Waals surface area contributed by atoms with Gasteiger partial charge in [0.25, 0.3) is 0 Å². The number of carbonyl (C=O) groups excluding carboxylic acids is 1. The third-order valence-corrected chi connectivity index (χ3v) is 1.59. The quantitative estimate of drug-likeness (QED) is 0.389. The normalized spacial score (nSPS) is 12.2. The number of ether oxygens (including phenoxy) is 1. The predicted molar refractivity (Wildman–Crippen MR) is 53.3 cm³/mol. The van der Waals surface area contributed by atoms with Crippen molar-refractivity contribution in [2.75, 3.05) is 6.61 Å². The Kier molecular flexibility index (Phi) is 6.24. The van der Waals surface area contributed by atoms with Gasteiger partial charge in [0.1, 0.15) is 6.23 Å². The molecular formula is C10H19NO2. The summed E-state index contributed by atoms with van der Waals surface area (Å²) in [7, 11) is 0. The summed E-state index contributed by atoms with van der Waals surface area (Å²) in [5.41, 5.74) is 0.506. The van der Waals surface area contributed by atoms with E-state index in [1.807, 2.05) is 6.92 Å². The van der Waals surface area contributed by atoms with Gasteiger partial charge in [-0.1, -0.05) is 19.9 Å². The van der Waals surface area contributed by atoms with Crippen molar-refractivity contribution in [2.45, 2.75) is 39.8 Å². The van der Waals surface area contributed by atoms with Crippen molar-refractivity contribution in [3.8, 4) is 0 Å². The lowest BCUT2D eigenvalue weighted by molar-refractivity contribution is -0.121. The summed E-state index contributed by atoms with van der Waals surface area (Å²) in [4.78, 5) is 11.1. The summed E-state index contributed by atoms with van der Waals surface area (Å²) < 4.78 is 5.33. The van der Waals surface area contributed by atoms with Crippen LogP contribution in [0.4, 0.5) is 0 Å². The van der Waals surface area contributed by atoms with E-state index in [1.54, 1.807) is 6.92 Å². The summed E-state index contributed by atoms with van der Waals surface area (Å²) >= 11 is 0. The average Bonchev–Trinajstić information content (AvgIpc) is 2.04. The number of hydrogen-bond acceptors (Lipinski definition) is 2. The van der Waals surface area contributed by atoms with Crippen LogP contribution in [0.1, 0.15) is 33.6 Å². The minimum atomic E-state index is -0.226. The maximum absolute atomic E-state index is 11.1. The maximum atomic E-state index is 11.1. The Morgan fingerprint density at radius 2 is 2.23 bits per heavy atom. The zero-order valence-electron chi connectivity index (χ0n) is 8.72. The molecule has 0 aliphatic heterocycles.